The van der Waals surface area contributed by atoms with Crippen LogP contribution in [0.15, 0.2) is 0 Å². The van der Waals surface area contributed by atoms with Gasteiger partial charge in [-0.2, -0.15) is 0 Å². The molecule has 0 bridgehead atoms. The molecule has 16 heavy (non-hydrogen) atoms. The Morgan fingerprint density at radius 2 is 2.12 bits per heavy atom. The first-order valence-electron chi connectivity index (χ1n) is 6.58. The first-order chi connectivity index (χ1) is 7.51. The Kier molecular flexibility index (Phi) is 3.57. The average Bonchev–Trinajstić information content (AvgIpc) is 2.94. The maximum atomic E-state index is 6.16. The highest BCUT2D eigenvalue weighted by Gasteiger charge is 2.40. The van der Waals surface area contributed by atoms with E-state index < -0.39 is 0 Å². The van der Waals surface area contributed by atoms with Crippen LogP contribution in [-0.2, 0) is 4.74 Å². The fraction of sp³-hybridized carbons (Fsp3) is 1.00. The Morgan fingerprint density at radius 1 is 1.44 bits per heavy atom. The molecule has 2 atom stereocenters. The summed E-state index contributed by atoms with van der Waals surface area (Å²) in [6, 6.07) is 0.818. The van der Waals surface area contributed by atoms with Crippen molar-refractivity contribution in [1.82, 2.24) is 4.90 Å². The molecular weight excluding hydrogens is 200 g/mol. The van der Waals surface area contributed by atoms with E-state index in [0.29, 0.717) is 6.04 Å². The Labute approximate surface area is 99.3 Å². The molecule has 1 heterocycles. The van der Waals surface area contributed by atoms with Crippen LogP contribution in [0.25, 0.3) is 0 Å². The van der Waals surface area contributed by atoms with Gasteiger partial charge < -0.3 is 10.5 Å². The number of nitrogens with zero attached hydrogens (tertiary/aromatic N) is 1. The summed E-state index contributed by atoms with van der Waals surface area (Å²) >= 11 is 0. The fourth-order valence-corrected chi connectivity index (χ4v) is 2.44. The molecule has 0 aromatic heterocycles. The molecule has 0 radical (unpaired) electrons. The molecule has 2 unspecified atom stereocenters. The molecule has 94 valence electrons. The Morgan fingerprint density at radius 3 is 2.56 bits per heavy atom. The predicted molar refractivity (Wildman–Crippen MR) is 66.3 cm³/mol. The lowest BCUT2D eigenvalue weighted by molar-refractivity contribution is 0.0987. The van der Waals surface area contributed by atoms with Crippen LogP contribution in [0.2, 0.25) is 0 Å². The van der Waals surface area contributed by atoms with E-state index in [1.165, 1.54) is 19.4 Å². The zero-order valence-electron chi connectivity index (χ0n) is 10.9. The second-order valence-corrected chi connectivity index (χ2v) is 6.24. The number of rotatable bonds is 5. The minimum atomic E-state index is 0.152. The zero-order chi connectivity index (χ0) is 11.8. The lowest BCUT2D eigenvalue weighted by Gasteiger charge is -2.36. The maximum absolute atomic E-state index is 6.16. The van der Waals surface area contributed by atoms with Crippen LogP contribution in [0.1, 0.15) is 33.6 Å². The normalized spacial score (nSPS) is 35.2. The molecule has 1 aliphatic heterocycles. The van der Waals surface area contributed by atoms with Crippen LogP contribution in [0.4, 0.5) is 0 Å². The molecule has 0 amide bonds. The first-order valence-corrected chi connectivity index (χ1v) is 6.58. The summed E-state index contributed by atoms with van der Waals surface area (Å²) in [5.74, 6) is 0.949. The number of hydrogen-bond donors (Lipinski definition) is 1. The Hall–Kier alpha value is -0.120. The average molecular weight is 226 g/mol. The van der Waals surface area contributed by atoms with Gasteiger partial charge in [-0.05, 0) is 32.6 Å². The second kappa shape index (κ2) is 4.63. The van der Waals surface area contributed by atoms with E-state index in [1.807, 2.05) is 0 Å². The molecule has 3 heteroatoms. The summed E-state index contributed by atoms with van der Waals surface area (Å²) in [5, 5.41) is 0. The van der Waals surface area contributed by atoms with Crippen LogP contribution in [0.5, 0.6) is 0 Å². The topological polar surface area (TPSA) is 38.5 Å². The van der Waals surface area contributed by atoms with E-state index in [9.17, 15) is 0 Å². The second-order valence-electron chi connectivity index (χ2n) is 6.24. The molecule has 1 saturated heterocycles. The van der Waals surface area contributed by atoms with Crippen LogP contribution in [0, 0.1) is 11.3 Å². The fourth-order valence-electron chi connectivity index (χ4n) is 2.44. The number of hydrogen-bond acceptors (Lipinski definition) is 3. The van der Waals surface area contributed by atoms with Gasteiger partial charge in [-0.1, -0.05) is 6.92 Å². The van der Waals surface area contributed by atoms with Gasteiger partial charge in [-0.15, -0.1) is 0 Å². The van der Waals surface area contributed by atoms with E-state index >= 15 is 0 Å². The molecule has 2 fully saturated rings. The molecule has 2 N–H and O–H groups in total. The first kappa shape index (κ1) is 12.3. The lowest BCUT2D eigenvalue weighted by Crippen LogP contribution is -2.49. The van der Waals surface area contributed by atoms with Crippen LogP contribution in [-0.4, -0.2) is 43.3 Å². The van der Waals surface area contributed by atoms with E-state index in [2.05, 4.69) is 25.7 Å². The van der Waals surface area contributed by atoms with E-state index in [-0.39, 0.29) is 11.5 Å². The third kappa shape index (κ3) is 2.76. The predicted octanol–water partition coefficient (Wildman–Crippen LogP) is 1.47. The summed E-state index contributed by atoms with van der Waals surface area (Å²) < 4.78 is 5.52. The third-order valence-electron chi connectivity index (χ3n) is 4.11. The summed E-state index contributed by atoms with van der Waals surface area (Å²) in [5.41, 5.74) is 6.31. The summed E-state index contributed by atoms with van der Waals surface area (Å²) in [6.07, 6.45) is 2.84. The highest BCUT2D eigenvalue weighted by molar-refractivity contribution is 4.93. The molecule has 2 rings (SSSR count). The highest BCUT2D eigenvalue weighted by atomic mass is 16.5. The summed E-state index contributed by atoms with van der Waals surface area (Å²) in [6.45, 7) is 10.7. The molecule has 3 nitrogen and oxygen atoms in total. The van der Waals surface area contributed by atoms with Crippen molar-refractivity contribution in [2.24, 2.45) is 17.1 Å². The van der Waals surface area contributed by atoms with Crippen molar-refractivity contribution in [2.45, 2.75) is 45.7 Å². The molecule has 0 spiro atoms. The Bertz CT molecular complexity index is 240. The lowest BCUT2D eigenvalue weighted by atomic mass is 9.85. The van der Waals surface area contributed by atoms with Gasteiger partial charge in [0.05, 0.1) is 13.2 Å². The minimum Gasteiger partial charge on any atom is -0.379 e. The molecule has 2 aliphatic rings. The summed E-state index contributed by atoms with van der Waals surface area (Å²) in [7, 11) is 0. The van der Waals surface area contributed by atoms with Crippen molar-refractivity contribution in [3.05, 3.63) is 0 Å². The molecule has 0 aromatic carbocycles. The van der Waals surface area contributed by atoms with E-state index in [1.54, 1.807) is 0 Å². The van der Waals surface area contributed by atoms with Gasteiger partial charge in [0.15, 0.2) is 0 Å². The van der Waals surface area contributed by atoms with Crippen LogP contribution >= 0.6 is 0 Å². The van der Waals surface area contributed by atoms with Crippen molar-refractivity contribution in [1.29, 1.82) is 0 Å². The number of nitrogens with two attached hydrogens (primary N) is 1. The van der Waals surface area contributed by atoms with Crippen molar-refractivity contribution in [3.8, 4) is 0 Å². The molecular formula is C13H26N2O. The molecule has 0 aromatic rings. The maximum Gasteiger partial charge on any atom is 0.0624 e. The van der Waals surface area contributed by atoms with E-state index in [0.717, 1.165) is 25.7 Å². The minimum absolute atomic E-state index is 0.152. The van der Waals surface area contributed by atoms with Gasteiger partial charge in [0.25, 0.3) is 0 Å². The standard InChI is InChI=1S/C13H26N2O/c1-10(2)15(6-11-4-5-11)8-13(3)9-16-7-12(13)14/h10-12H,4-9,14H2,1-3H3. The smallest absolute Gasteiger partial charge is 0.0624 e. The van der Waals surface area contributed by atoms with Crippen molar-refractivity contribution < 1.29 is 4.74 Å². The van der Waals surface area contributed by atoms with Crippen molar-refractivity contribution >= 4 is 0 Å². The van der Waals surface area contributed by atoms with Gasteiger partial charge in [-0.3, -0.25) is 4.90 Å². The monoisotopic (exact) mass is 226 g/mol. The van der Waals surface area contributed by atoms with Gasteiger partial charge in [-0.25, -0.2) is 0 Å². The van der Waals surface area contributed by atoms with Gasteiger partial charge in [0, 0.05) is 30.6 Å². The zero-order valence-corrected chi connectivity index (χ0v) is 10.9. The van der Waals surface area contributed by atoms with Crippen molar-refractivity contribution in [3.63, 3.8) is 0 Å². The van der Waals surface area contributed by atoms with E-state index in [4.69, 9.17) is 10.5 Å². The largest absolute Gasteiger partial charge is 0.379 e. The molecule has 1 saturated carbocycles. The number of ether oxygens (including phenoxy) is 1. The molecule has 1 aliphatic carbocycles. The summed E-state index contributed by atoms with van der Waals surface area (Å²) in [4.78, 5) is 2.59. The SMILES string of the molecule is CC(C)N(CC1CC1)CC1(C)COCC1N. The Balaban J connectivity index is 1.92. The van der Waals surface area contributed by atoms with Crippen molar-refractivity contribution in [2.75, 3.05) is 26.3 Å². The van der Waals surface area contributed by atoms with Gasteiger partial charge >= 0.3 is 0 Å². The quantitative estimate of drug-likeness (QED) is 0.771. The highest BCUT2D eigenvalue weighted by Crippen LogP contribution is 2.33. The third-order valence-corrected chi connectivity index (χ3v) is 4.11. The van der Waals surface area contributed by atoms with Gasteiger partial charge in [0.1, 0.15) is 0 Å². The van der Waals surface area contributed by atoms with Crippen LogP contribution < -0.4 is 5.73 Å². The van der Waals surface area contributed by atoms with Crippen LogP contribution in [0.3, 0.4) is 0 Å². The van der Waals surface area contributed by atoms with Gasteiger partial charge in [0.2, 0.25) is 0 Å².